The molecular weight excluding hydrogens is 182 g/mol. The average molecular weight is 201 g/mol. The van der Waals surface area contributed by atoms with Crippen molar-refractivity contribution < 1.29 is 4.79 Å². The van der Waals surface area contributed by atoms with Gasteiger partial charge in [0.2, 0.25) is 5.91 Å². The van der Waals surface area contributed by atoms with Crippen LogP contribution in [-0.2, 0) is 4.79 Å². The summed E-state index contributed by atoms with van der Waals surface area (Å²) in [6.07, 6.45) is 2.58. The molecule has 1 atom stereocenters. The van der Waals surface area contributed by atoms with Gasteiger partial charge in [-0.25, -0.2) is 0 Å². The number of nitrogens with zero attached hydrogens (tertiary/aromatic N) is 1. The van der Waals surface area contributed by atoms with Crippen LogP contribution in [0.25, 0.3) is 0 Å². The Morgan fingerprint density at radius 3 is 2.31 bits per heavy atom. The van der Waals surface area contributed by atoms with Crippen LogP contribution in [0.4, 0.5) is 0 Å². The summed E-state index contributed by atoms with van der Waals surface area (Å²) in [4.78, 5) is 13.7. The third-order valence-corrected chi connectivity index (χ3v) is 2.64. The number of carbonyl (C=O) groups is 1. The summed E-state index contributed by atoms with van der Waals surface area (Å²) in [5.41, 5.74) is 0. The Bertz CT molecular complexity index is 187. The topological polar surface area (TPSA) is 20.3 Å². The van der Waals surface area contributed by atoms with E-state index in [1.165, 1.54) is 12.8 Å². The Hall–Kier alpha value is -0.180. The van der Waals surface area contributed by atoms with Crippen LogP contribution < -0.4 is 0 Å². The first kappa shape index (κ1) is 10.9. The molecule has 0 heterocycles. The van der Waals surface area contributed by atoms with Crippen LogP contribution in [0.5, 0.6) is 0 Å². The summed E-state index contributed by atoms with van der Waals surface area (Å²) >= 11 is 4.18. The molecule has 0 aliphatic heterocycles. The van der Waals surface area contributed by atoms with Crippen molar-refractivity contribution in [3.63, 3.8) is 0 Å². The van der Waals surface area contributed by atoms with Crippen LogP contribution in [0.3, 0.4) is 0 Å². The van der Waals surface area contributed by atoms with Crippen LogP contribution in [0, 0.1) is 5.92 Å². The quantitative estimate of drug-likeness (QED) is 0.689. The molecule has 13 heavy (non-hydrogen) atoms. The van der Waals surface area contributed by atoms with Crippen LogP contribution in [0.15, 0.2) is 0 Å². The molecule has 0 bridgehead atoms. The van der Waals surface area contributed by atoms with E-state index in [9.17, 15) is 4.79 Å². The predicted octanol–water partition coefficient (Wildman–Crippen LogP) is 1.95. The number of hydrogen-bond donors (Lipinski definition) is 1. The Labute approximate surface area is 86.1 Å². The molecule has 0 saturated heterocycles. The van der Waals surface area contributed by atoms with Gasteiger partial charge in [-0.3, -0.25) is 4.79 Å². The Balaban J connectivity index is 2.49. The third-order valence-electron chi connectivity index (χ3n) is 2.42. The summed E-state index contributed by atoms with van der Waals surface area (Å²) in [6.45, 7) is 6.90. The predicted molar refractivity (Wildman–Crippen MR) is 58.0 cm³/mol. The molecule has 1 unspecified atom stereocenters. The highest BCUT2D eigenvalue weighted by atomic mass is 32.1. The minimum Gasteiger partial charge on any atom is -0.339 e. The van der Waals surface area contributed by atoms with E-state index in [2.05, 4.69) is 26.5 Å². The van der Waals surface area contributed by atoms with Crippen LogP contribution in [0.2, 0.25) is 0 Å². The Morgan fingerprint density at radius 1 is 1.46 bits per heavy atom. The van der Waals surface area contributed by atoms with Crippen molar-refractivity contribution in [2.45, 2.75) is 44.9 Å². The number of rotatable bonds is 4. The van der Waals surface area contributed by atoms with Gasteiger partial charge >= 0.3 is 0 Å². The molecule has 0 aromatic rings. The lowest BCUT2D eigenvalue weighted by Gasteiger charge is -2.28. The molecule has 1 aliphatic carbocycles. The molecule has 76 valence electrons. The van der Waals surface area contributed by atoms with Gasteiger partial charge in [0, 0.05) is 12.6 Å². The lowest BCUT2D eigenvalue weighted by Crippen LogP contribution is -2.42. The van der Waals surface area contributed by atoms with Gasteiger partial charge in [-0.05, 0) is 39.5 Å². The molecule has 0 aromatic heterocycles. The van der Waals surface area contributed by atoms with Crippen LogP contribution in [0.1, 0.15) is 33.6 Å². The zero-order valence-corrected chi connectivity index (χ0v) is 9.55. The first-order chi connectivity index (χ1) is 6.02. The highest BCUT2D eigenvalue weighted by molar-refractivity contribution is 7.81. The van der Waals surface area contributed by atoms with Crippen LogP contribution in [-0.4, -0.2) is 28.6 Å². The monoisotopic (exact) mass is 201 g/mol. The highest BCUT2D eigenvalue weighted by Gasteiger charge is 2.29. The van der Waals surface area contributed by atoms with Crippen molar-refractivity contribution in [3.8, 4) is 0 Å². The minimum absolute atomic E-state index is 0.166. The van der Waals surface area contributed by atoms with Gasteiger partial charge in [-0.1, -0.05) is 0 Å². The minimum atomic E-state index is -0.166. The molecule has 3 heteroatoms. The van der Waals surface area contributed by atoms with Gasteiger partial charge in [0.15, 0.2) is 0 Å². The third kappa shape index (κ3) is 3.22. The molecule has 1 rings (SSSR count). The number of thiol groups is 1. The SMILES string of the molecule is CC(S)C(=O)N(CC1CC1)C(C)C. The molecule has 1 aliphatic rings. The van der Waals surface area contributed by atoms with Gasteiger partial charge in [-0.15, -0.1) is 0 Å². The van der Waals surface area contributed by atoms with E-state index in [-0.39, 0.29) is 11.2 Å². The summed E-state index contributed by atoms with van der Waals surface area (Å²) in [5, 5.41) is -0.166. The van der Waals surface area contributed by atoms with Crippen molar-refractivity contribution in [1.29, 1.82) is 0 Å². The molecule has 0 aromatic carbocycles. The maximum Gasteiger partial charge on any atom is 0.235 e. The summed E-state index contributed by atoms with van der Waals surface area (Å²) < 4.78 is 0. The fraction of sp³-hybridized carbons (Fsp3) is 0.900. The molecule has 1 saturated carbocycles. The van der Waals surface area contributed by atoms with E-state index in [0.29, 0.717) is 6.04 Å². The summed E-state index contributed by atoms with van der Waals surface area (Å²) in [7, 11) is 0. The Kier molecular flexibility index (Phi) is 3.65. The molecule has 1 amide bonds. The zero-order valence-electron chi connectivity index (χ0n) is 8.66. The molecule has 0 spiro atoms. The van der Waals surface area contributed by atoms with E-state index < -0.39 is 0 Å². The second-order valence-corrected chi connectivity index (χ2v) is 4.98. The largest absolute Gasteiger partial charge is 0.339 e. The van der Waals surface area contributed by atoms with E-state index in [1.807, 2.05) is 11.8 Å². The van der Waals surface area contributed by atoms with Crippen molar-refractivity contribution in [3.05, 3.63) is 0 Å². The highest BCUT2D eigenvalue weighted by Crippen LogP contribution is 2.30. The van der Waals surface area contributed by atoms with Gasteiger partial charge < -0.3 is 4.90 Å². The first-order valence-corrected chi connectivity index (χ1v) is 5.52. The standard InChI is InChI=1S/C10H19NOS/c1-7(2)11(6-9-4-5-9)10(12)8(3)13/h7-9,13H,4-6H2,1-3H3. The van der Waals surface area contributed by atoms with Crippen molar-refractivity contribution >= 4 is 18.5 Å². The fourth-order valence-electron chi connectivity index (χ4n) is 1.37. The molecule has 2 nitrogen and oxygen atoms in total. The molecule has 0 radical (unpaired) electrons. The summed E-state index contributed by atoms with van der Waals surface area (Å²) in [5.74, 6) is 0.934. The van der Waals surface area contributed by atoms with Gasteiger partial charge in [0.25, 0.3) is 0 Å². The van der Waals surface area contributed by atoms with Crippen LogP contribution >= 0.6 is 12.6 Å². The maximum absolute atomic E-state index is 11.7. The van der Waals surface area contributed by atoms with Gasteiger partial charge in [0.1, 0.15) is 0 Å². The fourth-order valence-corrected chi connectivity index (χ4v) is 1.52. The Morgan fingerprint density at radius 2 is 2.00 bits per heavy atom. The average Bonchev–Trinajstić information content (AvgIpc) is 2.81. The van der Waals surface area contributed by atoms with E-state index in [0.717, 1.165) is 12.5 Å². The second kappa shape index (κ2) is 4.36. The van der Waals surface area contributed by atoms with Crippen molar-refractivity contribution in [1.82, 2.24) is 4.90 Å². The van der Waals surface area contributed by atoms with Crippen molar-refractivity contribution in [2.75, 3.05) is 6.54 Å². The van der Waals surface area contributed by atoms with Gasteiger partial charge in [-0.2, -0.15) is 12.6 Å². The van der Waals surface area contributed by atoms with Gasteiger partial charge in [0.05, 0.1) is 5.25 Å². The van der Waals surface area contributed by atoms with E-state index >= 15 is 0 Å². The lowest BCUT2D eigenvalue weighted by atomic mass is 10.2. The number of amides is 1. The number of carbonyl (C=O) groups excluding carboxylic acids is 1. The maximum atomic E-state index is 11.7. The van der Waals surface area contributed by atoms with E-state index in [1.54, 1.807) is 0 Å². The van der Waals surface area contributed by atoms with E-state index in [4.69, 9.17) is 0 Å². The zero-order chi connectivity index (χ0) is 10.0. The smallest absolute Gasteiger partial charge is 0.235 e. The summed E-state index contributed by atoms with van der Waals surface area (Å²) in [6, 6.07) is 0.308. The molecule has 0 N–H and O–H groups in total. The number of hydrogen-bond acceptors (Lipinski definition) is 2. The lowest BCUT2D eigenvalue weighted by molar-refractivity contribution is -0.132. The normalized spacial score (nSPS) is 18.8. The second-order valence-electron chi connectivity index (χ2n) is 4.20. The molecular formula is C10H19NOS. The van der Waals surface area contributed by atoms with Crippen molar-refractivity contribution in [2.24, 2.45) is 5.92 Å². The molecule has 1 fully saturated rings. The first-order valence-electron chi connectivity index (χ1n) is 5.01.